The van der Waals surface area contributed by atoms with Crippen molar-refractivity contribution in [1.29, 1.82) is 0 Å². The van der Waals surface area contributed by atoms with Gasteiger partial charge in [-0.15, -0.1) is 0 Å². The molecular weight excluding hydrogens is 499 g/mol. The molecule has 0 bridgehead atoms. The van der Waals surface area contributed by atoms with E-state index in [9.17, 15) is 8.42 Å². The predicted octanol–water partition coefficient (Wildman–Crippen LogP) is 6.33. The average Bonchev–Trinajstić information content (AvgIpc) is 3.18. The van der Waals surface area contributed by atoms with Crippen LogP contribution in [0.4, 0.5) is 0 Å². The number of aryl methyl sites for hydroxylation is 4. The fraction of sp³-hybridized carbons (Fsp3) is 0.300. The molecule has 0 saturated carbocycles. The molecule has 0 aliphatic rings. The van der Waals surface area contributed by atoms with Crippen LogP contribution in [0.3, 0.4) is 0 Å². The summed E-state index contributed by atoms with van der Waals surface area (Å²) in [5, 5.41) is 1.26. The lowest BCUT2D eigenvalue weighted by atomic mass is 10.1. The smallest absolute Gasteiger partial charge is 0.304 e. The molecular formula is C30H36N2O3PS+. The van der Waals surface area contributed by atoms with Gasteiger partial charge >= 0.3 is 16.1 Å². The standard InChI is InChI=1S/C30H36N2O3PS/c1-22-13-15-27(16-14-22)37(33,34)35-29-31(21-36(30(5,6)7)26-11-9-8-10-12-26)17-18-32(29)28-24(3)19-23(2)20-25(28)4/h8-20H,21H2,1-7H3/q+1. The number of aromatic nitrogens is 2. The van der Waals surface area contributed by atoms with Crippen LogP contribution in [0.1, 0.15) is 43.0 Å². The number of hydrogen-bond acceptors (Lipinski definition) is 3. The van der Waals surface area contributed by atoms with E-state index in [0.717, 1.165) is 27.9 Å². The molecule has 5 nitrogen and oxygen atoms in total. The van der Waals surface area contributed by atoms with Crippen LogP contribution >= 0.6 is 7.92 Å². The van der Waals surface area contributed by atoms with Gasteiger partial charge in [-0.2, -0.15) is 17.6 Å². The van der Waals surface area contributed by atoms with Gasteiger partial charge in [0.25, 0.3) is 0 Å². The second-order valence-corrected chi connectivity index (χ2v) is 15.1. The summed E-state index contributed by atoms with van der Waals surface area (Å²) in [6.45, 7) is 14.8. The van der Waals surface area contributed by atoms with Gasteiger partial charge < -0.3 is 4.18 Å². The Morgan fingerprint density at radius 1 is 0.865 bits per heavy atom. The van der Waals surface area contributed by atoms with Crippen LogP contribution < -0.4 is 14.1 Å². The summed E-state index contributed by atoms with van der Waals surface area (Å²) < 4.78 is 36.8. The zero-order valence-electron chi connectivity index (χ0n) is 22.7. The van der Waals surface area contributed by atoms with E-state index in [4.69, 9.17) is 4.18 Å². The third-order valence-corrected chi connectivity index (χ3v) is 10.7. The summed E-state index contributed by atoms with van der Waals surface area (Å²) in [5.74, 6) is 0. The van der Waals surface area contributed by atoms with Gasteiger partial charge in [0.15, 0.2) is 0 Å². The molecule has 0 amide bonds. The van der Waals surface area contributed by atoms with Crippen molar-refractivity contribution in [3.05, 3.63) is 101 Å². The molecule has 0 saturated heterocycles. The quantitative estimate of drug-likeness (QED) is 0.158. The van der Waals surface area contributed by atoms with Crippen molar-refractivity contribution < 1.29 is 17.2 Å². The van der Waals surface area contributed by atoms with E-state index >= 15 is 0 Å². The molecule has 1 aromatic heterocycles. The average molecular weight is 536 g/mol. The van der Waals surface area contributed by atoms with Crippen LogP contribution in [0.2, 0.25) is 0 Å². The highest BCUT2D eigenvalue weighted by atomic mass is 32.2. The minimum atomic E-state index is -4.06. The number of imidazole rings is 1. The van der Waals surface area contributed by atoms with Crippen molar-refractivity contribution in [3.8, 4) is 11.7 Å². The lowest BCUT2D eigenvalue weighted by molar-refractivity contribution is -0.679. The predicted molar refractivity (Wildman–Crippen MR) is 152 cm³/mol. The zero-order chi connectivity index (χ0) is 27.0. The van der Waals surface area contributed by atoms with Crippen molar-refractivity contribution in [2.45, 2.75) is 64.8 Å². The second kappa shape index (κ2) is 10.4. The molecule has 7 heteroatoms. The summed E-state index contributed by atoms with van der Waals surface area (Å²) in [5.41, 5.74) is 5.19. The van der Waals surface area contributed by atoms with Crippen LogP contribution in [0.25, 0.3) is 5.69 Å². The lowest BCUT2D eigenvalue weighted by Gasteiger charge is -2.30. The number of hydrogen-bond donors (Lipinski definition) is 0. The van der Waals surface area contributed by atoms with Gasteiger partial charge in [0, 0.05) is 0 Å². The third-order valence-electron chi connectivity index (χ3n) is 6.39. The van der Waals surface area contributed by atoms with Crippen molar-refractivity contribution in [2.75, 3.05) is 0 Å². The van der Waals surface area contributed by atoms with Crippen LogP contribution in [0.15, 0.2) is 84.0 Å². The molecule has 0 fully saturated rings. The Kier molecular flexibility index (Phi) is 7.64. The van der Waals surface area contributed by atoms with Crippen molar-refractivity contribution in [3.63, 3.8) is 0 Å². The van der Waals surface area contributed by atoms with Crippen LogP contribution in [0, 0.1) is 27.7 Å². The highest BCUT2D eigenvalue weighted by Crippen LogP contribution is 2.48. The Labute approximate surface area is 222 Å². The first-order valence-electron chi connectivity index (χ1n) is 12.4. The van der Waals surface area contributed by atoms with Gasteiger partial charge in [0.1, 0.15) is 29.3 Å². The first kappa shape index (κ1) is 27.1. The molecule has 0 spiro atoms. The molecule has 3 aromatic carbocycles. The van der Waals surface area contributed by atoms with E-state index in [1.54, 1.807) is 24.3 Å². The molecule has 0 aliphatic carbocycles. The molecule has 1 unspecified atom stereocenters. The normalized spacial score (nSPS) is 12.9. The maximum Gasteiger partial charge on any atom is 0.477 e. The summed E-state index contributed by atoms with van der Waals surface area (Å²) >= 11 is 0. The summed E-state index contributed by atoms with van der Waals surface area (Å²) in [6, 6.07) is 21.7. The van der Waals surface area contributed by atoms with Gasteiger partial charge in [-0.05, 0) is 69.3 Å². The first-order valence-corrected chi connectivity index (χ1v) is 15.3. The summed E-state index contributed by atoms with van der Waals surface area (Å²) in [4.78, 5) is 0.135. The number of benzene rings is 3. The number of nitrogens with zero attached hydrogens (tertiary/aromatic N) is 2. The summed E-state index contributed by atoms with van der Waals surface area (Å²) in [6.07, 6.45) is 4.47. The van der Waals surface area contributed by atoms with Crippen molar-refractivity contribution in [2.24, 2.45) is 0 Å². The molecule has 0 N–H and O–H groups in total. The van der Waals surface area contributed by atoms with Crippen LogP contribution in [0.5, 0.6) is 6.01 Å². The fourth-order valence-corrected chi connectivity index (χ4v) is 7.98. The minimum Gasteiger partial charge on any atom is -0.304 e. The first-order chi connectivity index (χ1) is 17.4. The highest BCUT2D eigenvalue weighted by Gasteiger charge is 2.34. The topological polar surface area (TPSA) is 52.2 Å². The zero-order valence-corrected chi connectivity index (χ0v) is 24.4. The lowest BCUT2D eigenvalue weighted by Crippen LogP contribution is -2.39. The van der Waals surface area contributed by atoms with Crippen LogP contribution in [-0.2, 0) is 16.4 Å². The van der Waals surface area contributed by atoms with Gasteiger partial charge in [-0.25, -0.2) is 0 Å². The molecule has 194 valence electrons. The minimum absolute atomic E-state index is 0.00538. The molecule has 37 heavy (non-hydrogen) atoms. The Morgan fingerprint density at radius 3 is 2.03 bits per heavy atom. The molecule has 0 radical (unpaired) electrons. The Morgan fingerprint density at radius 2 is 1.46 bits per heavy atom. The molecule has 4 aromatic rings. The van der Waals surface area contributed by atoms with Gasteiger partial charge in [0.05, 0.1) is 0 Å². The van der Waals surface area contributed by atoms with E-state index in [0.29, 0.717) is 6.29 Å². The molecule has 0 aliphatic heterocycles. The van der Waals surface area contributed by atoms with E-state index < -0.39 is 18.0 Å². The van der Waals surface area contributed by atoms with E-state index in [1.165, 1.54) is 5.30 Å². The van der Waals surface area contributed by atoms with Crippen LogP contribution in [-0.4, -0.2) is 18.1 Å². The molecule has 4 rings (SSSR count). The Balaban J connectivity index is 1.87. The summed E-state index contributed by atoms with van der Waals surface area (Å²) in [7, 11) is -4.75. The number of rotatable bonds is 7. The SMILES string of the molecule is Cc1ccc(S(=O)(=O)Oc2n(-c3c(C)cc(C)cc3C)cc[n+]2CP(c2ccccc2)C(C)(C)C)cc1. The maximum absolute atomic E-state index is 13.5. The Bertz CT molecular complexity index is 1480. The molecule has 1 heterocycles. The highest BCUT2D eigenvalue weighted by molar-refractivity contribution is 7.87. The Hall–Kier alpha value is -2.95. The van der Waals surface area contributed by atoms with Crippen molar-refractivity contribution >= 4 is 23.3 Å². The van der Waals surface area contributed by atoms with Gasteiger partial charge in [-0.1, -0.05) is 86.5 Å². The van der Waals surface area contributed by atoms with E-state index in [-0.39, 0.29) is 16.1 Å². The van der Waals surface area contributed by atoms with Gasteiger partial charge in [-0.3, -0.25) is 0 Å². The fourth-order valence-electron chi connectivity index (χ4n) is 4.62. The van der Waals surface area contributed by atoms with E-state index in [2.05, 4.69) is 64.1 Å². The largest absolute Gasteiger partial charge is 0.477 e. The van der Waals surface area contributed by atoms with E-state index in [1.807, 2.05) is 48.4 Å². The second-order valence-electron chi connectivity index (χ2n) is 10.6. The molecule has 1 atom stereocenters. The van der Waals surface area contributed by atoms with Gasteiger partial charge in [0.2, 0.25) is 0 Å². The third kappa shape index (κ3) is 5.97. The monoisotopic (exact) mass is 535 g/mol. The maximum atomic E-state index is 13.5. The van der Waals surface area contributed by atoms with Crippen molar-refractivity contribution in [1.82, 2.24) is 4.57 Å².